The van der Waals surface area contributed by atoms with Gasteiger partial charge in [0.2, 0.25) is 0 Å². The molecule has 0 fully saturated rings. The molecule has 2 N–H and O–H groups in total. The summed E-state index contributed by atoms with van der Waals surface area (Å²) >= 11 is 24.3. The van der Waals surface area contributed by atoms with Crippen molar-refractivity contribution in [2.45, 2.75) is 38.5 Å². The first kappa shape index (κ1) is 30.4. The maximum atomic E-state index is 9.29. The van der Waals surface area contributed by atoms with E-state index in [1.807, 2.05) is 72.8 Å². The number of fused-ring (bicyclic) bond motifs is 2. The maximum absolute atomic E-state index is 9.29. The van der Waals surface area contributed by atoms with Crippen molar-refractivity contribution in [2.24, 2.45) is 22.1 Å². The first-order chi connectivity index (χ1) is 20.2. The highest BCUT2D eigenvalue weighted by Gasteiger charge is 2.32. The fourth-order valence-corrected chi connectivity index (χ4v) is 6.79. The van der Waals surface area contributed by atoms with Crippen molar-refractivity contribution in [1.82, 2.24) is 0 Å². The van der Waals surface area contributed by atoms with E-state index in [0.29, 0.717) is 20.1 Å². The molecule has 42 heavy (non-hydrogen) atoms. The monoisotopic (exact) mass is 638 g/mol. The molecular formula is C34H30Cl4N2O2. The molecule has 4 aromatic rings. The second-order valence-corrected chi connectivity index (χ2v) is 12.5. The second kappa shape index (κ2) is 13.1. The average Bonchev–Trinajstić information content (AvgIpc) is 2.99. The van der Waals surface area contributed by atoms with Crippen LogP contribution >= 0.6 is 46.4 Å². The summed E-state index contributed by atoms with van der Waals surface area (Å²) in [5.41, 5.74) is 8.14. The van der Waals surface area contributed by atoms with Crippen LogP contribution in [0.15, 0.2) is 95.2 Å². The summed E-state index contributed by atoms with van der Waals surface area (Å²) in [4.78, 5) is 0. The molecule has 0 saturated carbocycles. The third-order valence-corrected chi connectivity index (χ3v) is 9.72. The number of oxime groups is 2. The minimum atomic E-state index is 0.185. The highest BCUT2D eigenvalue weighted by Crippen LogP contribution is 2.42. The molecule has 0 radical (unpaired) electrons. The lowest BCUT2D eigenvalue weighted by atomic mass is 9.73. The van der Waals surface area contributed by atoms with Crippen LogP contribution in [0, 0.1) is 11.8 Å². The molecule has 2 aliphatic carbocycles. The highest BCUT2D eigenvalue weighted by molar-refractivity contribution is 6.42. The third kappa shape index (κ3) is 6.05. The van der Waals surface area contributed by atoms with Gasteiger partial charge in [-0.3, -0.25) is 0 Å². The first-order valence-corrected chi connectivity index (χ1v) is 15.3. The van der Waals surface area contributed by atoms with Crippen molar-refractivity contribution in [3.63, 3.8) is 0 Å². The van der Waals surface area contributed by atoms with E-state index < -0.39 is 0 Å². The molecule has 4 nitrogen and oxygen atoms in total. The van der Waals surface area contributed by atoms with Gasteiger partial charge in [-0.15, -0.1) is 0 Å². The fraction of sp³-hybridized carbons (Fsp3) is 0.235. The lowest BCUT2D eigenvalue weighted by molar-refractivity contribution is 0.314. The van der Waals surface area contributed by atoms with Gasteiger partial charge in [-0.1, -0.05) is 131 Å². The maximum Gasteiger partial charge on any atom is 0.0899 e. The van der Waals surface area contributed by atoms with Gasteiger partial charge in [0.15, 0.2) is 0 Å². The van der Waals surface area contributed by atoms with E-state index in [1.54, 1.807) is 0 Å². The van der Waals surface area contributed by atoms with Crippen LogP contribution in [0.3, 0.4) is 0 Å². The Kier molecular flexibility index (Phi) is 9.49. The zero-order valence-electron chi connectivity index (χ0n) is 23.1. The molecule has 0 amide bonds. The van der Waals surface area contributed by atoms with Crippen molar-refractivity contribution in [2.75, 3.05) is 0 Å². The molecule has 0 aliphatic heterocycles. The summed E-state index contributed by atoms with van der Waals surface area (Å²) in [5, 5.41) is 27.9. The van der Waals surface area contributed by atoms with Crippen molar-refractivity contribution in [1.29, 1.82) is 0 Å². The molecule has 0 heterocycles. The van der Waals surface area contributed by atoms with E-state index in [4.69, 9.17) is 46.4 Å². The van der Waals surface area contributed by atoms with Gasteiger partial charge in [-0.05, 0) is 59.4 Å². The van der Waals surface area contributed by atoms with Crippen LogP contribution in [0.5, 0.6) is 0 Å². The Balaban J connectivity index is 0.000000168. The molecule has 0 saturated heterocycles. The van der Waals surface area contributed by atoms with Crippen LogP contribution in [0.25, 0.3) is 0 Å². The topological polar surface area (TPSA) is 65.2 Å². The Hall–Kier alpha value is -3.02. The first-order valence-electron chi connectivity index (χ1n) is 13.8. The van der Waals surface area contributed by atoms with Crippen molar-refractivity contribution >= 4 is 57.8 Å². The molecule has 4 aromatic carbocycles. The Morgan fingerprint density at radius 1 is 0.548 bits per heavy atom. The smallest absolute Gasteiger partial charge is 0.0899 e. The Morgan fingerprint density at radius 2 is 0.929 bits per heavy atom. The molecule has 0 aromatic heterocycles. The van der Waals surface area contributed by atoms with E-state index in [-0.39, 0.29) is 23.7 Å². The lowest BCUT2D eigenvalue weighted by Gasteiger charge is -2.30. The quantitative estimate of drug-likeness (QED) is 0.169. The van der Waals surface area contributed by atoms with Crippen molar-refractivity contribution in [3.05, 3.63) is 138 Å². The lowest BCUT2D eigenvalue weighted by Crippen LogP contribution is -2.25. The number of hydrogen-bond acceptors (Lipinski definition) is 4. The normalized spacial score (nSPS) is 23.1. The standard InChI is InChI=1S/2C17H15Cl2NO/c2*1-10-8-14(11-6-7-15(18)16(19)9-11)12-4-2-3-5-13(12)17(10)20-21/h2*2-7,9-10,14,21H,8H2,1H3/b2*20-17-/t10-,14+;10-,14-/m10/s1. The van der Waals surface area contributed by atoms with E-state index >= 15 is 0 Å². The van der Waals surface area contributed by atoms with Gasteiger partial charge in [0.25, 0.3) is 0 Å². The summed E-state index contributed by atoms with van der Waals surface area (Å²) in [7, 11) is 0. The SMILES string of the molecule is C[C@@H]1C[C@@H](c2ccc(Cl)c(Cl)c2)c2ccccc2/C1=N\O.C[C@H]1C[C@@H](c2ccc(Cl)c(Cl)c2)c2ccccc2/C1=N\O. The summed E-state index contributed by atoms with van der Waals surface area (Å²) in [6.45, 7) is 4.16. The molecule has 216 valence electrons. The Labute approximate surface area is 266 Å². The predicted octanol–water partition coefficient (Wildman–Crippen LogP) is 10.7. The highest BCUT2D eigenvalue weighted by atomic mass is 35.5. The van der Waals surface area contributed by atoms with Gasteiger partial charge >= 0.3 is 0 Å². The van der Waals surface area contributed by atoms with E-state index in [2.05, 4.69) is 36.3 Å². The molecule has 0 spiro atoms. The van der Waals surface area contributed by atoms with Crippen LogP contribution < -0.4 is 0 Å². The van der Waals surface area contributed by atoms with Crippen LogP contribution in [-0.4, -0.2) is 21.8 Å². The summed E-state index contributed by atoms with van der Waals surface area (Å²) in [6, 6.07) is 27.7. The number of rotatable bonds is 2. The van der Waals surface area contributed by atoms with Crippen molar-refractivity contribution in [3.8, 4) is 0 Å². The fourth-order valence-electron chi connectivity index (χ4n) is 6.18. The minimum absolute atomic E-state index is 0.185. The Bertz CT molecular complexity index is 1550. The van der Waals surface area contributed by atoms with Crippen LogP contribution in [-0.2, 0) is 0 Å². The predicted molar refractivity (Wildman–Crippen MR) is 174 cm³/mol. The van der Waals surface area contributed by atoms with E-state index in [9.17, 15) is 10.4 Å². The summed E-state index contributed by atoms with van der Waals surface area (Å²) < 4.78 is 0. The zero-order chi connectivity index (χ0) is 30.0. The summed E-state index contributed by atoms with van der Waals surface area (Å²) in [6.07, 6.45) is 1.77. The second-order valence-electron chi connectivity index (χ2n) is 10.9. The van der Waals surface area contributed by atoms with Gasteiger partial charge in [0, 0.05) is 34.8 Å². The molecule has 8 heteroatoms. The number of halogens is 4. The van der Waals surface area contributed by atoms with E-state index in [0.717, 1.165) is 46.5 Å². The molecule has 0 unspecified atom stereocenters. The van der Waals surface area contributed by atoms with Crippen LogP contribution in [0.1, 0.15) is 71.9 Å². The average molecular weight is 640 g/mol. The minimum Gasteiger partial charge on any atom is -0.411 e. The van der Waals surface area contributed by atoms with Gasteiger partial charge in [-0.25, -0.2) is 0 Å². The number of benzene rings is 4. The van der Waals surface area contributed by atoms with Crippen LogP contribution in [0.2, 0.25) is 20.1 Å². The Morgan fingerprint density at radius 3 is 1.29 bits per heavy atom. The number of hydrogen-bond donors (Lipinski definition) is 2. The van der Waals surface area contributed by atoms with Gasteiger partial charge in [0.05, 0.1) is 31.5 Å². The van der Waals surface area contributed by atoms with E-state index in [1.165, 1.54) is 11.1 Å². The molecule has 4 atom stereocenters. The third-order valence-electron chi connectivity index (χ3n) is 8.24. The number of nitrogens with zero attached hydrogens (tertiary/aromatic N) is 2. The largest absolute Gasteiger partial charge is 0.411 e. The van der Waals surface area contributed by atoms with Crippen LogP contribution in [0.4, 0.5) is 0 Å². The summed E-state index contributed by atoms with van der Waals surface area (Å²) in [5.74, 6) is 0.835. The molecular weight excluding hydrogens is 610 g/mol. The van der Waals surface area contributed by atoms with Crippen molar-refractivity contribution < 1.29 is 10.4 Å². The molecule has 6 rings (SSSR count). The van der Waals surface area contributed by atoms with Gasteiger partial charge < -0.3 is 10.4 Å². The van der Waals surface area contributed by atoms with Gasteiger partial charge in [-0.2, -0.15) is 0 Å². The molecule has 0 bridgehead atoms. The van der Waals surface area contributed by atoms with Gasteiger partial charge in [0.1, 0.15) is 0 Å². The molecule has 2 aliphatic rings. The zero-order valence-corrected chi connectivity index (χ0v) is 26.1.